The van der Waals surface area contributed by atoms with Crippen LogP contribution in [-0.4, -0.2) is 52.4 Å². The summed E-state index contributed by atoms with van der Waals surface area (Å²) in [7, 11) is 0. The molecule has 1 aliphatic rings. The fourth-order valence-corrected chi connectivity index (χ4v) is 3.88. The maximum atomic E-state index is 13.0. The van der Waals surface area contributed by atoms with Crippen molar-refractivity contribution in [1.82, 2.24) is 19.8 Å². The Kier molecular flexibility index (Phi) is 6.41. The molecule has 2 aromatic carbocycles. The fraction of sp³-hybridized carbons (Fsp3) is 0.304. The number of hydrogen-bond donors (Lipinski definition) is 1. The van der Waals surface area contributed by atoms with E-state index >= 15 is 0 Å². The lowest BCUT2D eigenvalue weighted by atomic mass is 10.2. The zero-order chi connectivity index (χ0) is 22.7. The summed E-state index contributed by atoms with van der Waals surface area (Å²) >= 11 is 5.88. The summed E-state index contributed by atoms with van der Waals surface area (Å²) in [5, 5.41) is 3.90. The van der Waals surface area contributed by atoms with E-state index in [1.807, 2.05) is 35.2 Å². The van der Waals surface area contributed by atoms with Crippen LogP contribution >= 0.6 is 11.6 Å². The van der Waals surface area contributed by atoms with Crippen molar-refractivity contribution in [2.75, 3.05) is 31.1 Å². The molecule has 4 rings (SSSR count). The van der Waals surface area contributed by atoms with Gasteiger partial charge < -0.3 is 15.1 Å². The van der Waals surface area contributed by atoms with Crippen LogP contribution in [0.1, 0.15) is 12.5 Å². The monoisotopic (exact) mass is 453 g/mol. The first-order chi connectivity index (χ1) is 15.4. The molecule has 0 radical (unpaired) electrons. The molecule has 0 aliphatic carbocycles. The van der Waals surface area contributed by atoms with Crippen molar-refractivity contribution in [3.8, 4) is 0 Å². The first-order valence-electron chi connectivity index (χ1n) is 10.4. The molecule has 9 heteroatoms. The van der Waals surface area contributed by atoms with Crippen molar-refractivity contribution in [3.63, 3.8) is 0 Å². The third-order valence-electron chi connectivity index (χ3n) is 5.61. The van der Waals surface area contributed by atoms with Gasteiger partial charge in [0.15, 0.2) is 0 Å². The molecule has 0 atom stereocenters. The number of benzene rings is 2. The summed E-state index contributed by atoms with van der Waals surface area (Å²) < 4.78 is 1.32. The maximum Gasteiger partial charge on any atom is 0.261 e. The van der Waals surface area contributed by atoms with Gasteiger partial charge >= 0.3 is 0 Å². The molecule has 8 nitrogen and oxygen atoms in total. The number of amides is 2. The number of anilines is 1. The van der Waals surface area contributed by atoms with Crippen LogP contribution in [0.5, 0.6) is 0 Å². The van der Waals surface area contributed by atoms with Gasteiger partial charge in [0.1, 0.15) is 6.54 Å². The highest BCUT2D eigenvalue weighted by atomic mass is 35.5. The average Bonchev–Trinajstić information content (AvgIpc) is 2.80. The van der Waals surface area contributed by atoms with E-state index < -0.39 is 0 Å². The number of carbonyl (C=O) groups excluding carboxylic acids is 2. The highest BCUT2D eigenvalue weighted by molar-refractivity contribution is 6.30. The predicted octanol–water partition coefficient (Wildman–Crippen LogP) is 2.03. The topological polar surface area (TPSA) is 87.5 Å². The van der Waals surface area contributed by atoms with E-state index in [1.54, 1.807) is 19.1 Å². The number of aromatic nitrogens is 2. The van der Waals surface area contributed by atoms with Crippen LogP contribution in [-0.2, 0) is 22.7 Å². The van der Waals surface area contributed by atoms with Gasteiger partial charge in [-0.1, -0.05) is 23.7 Å². The van der Waals surface area contributed by atoms with Crippen molar-refractivity contribution in [3.05, 3.63) is 69.7 Å². The molecular weight excluding hydrogens is 430 g/mol. The first-order valence-corrected chi connectivity index (χ1v) is 10.8. The van der Waals surface area contributed by atoms with Crippen LogP contribution in [0.3, 0.4) is 0 Å². The Balaban J connectivity index is 1.46. The molecule has 1 fully saturated rings. The van der Waals surface area contributed by atoms with Gasteiger partial charge in [-0.15, -0.1) is 0 Å². The molecule has 1 N–H and O–H groups in total. The van der Waals surface area contributed by atoms with E-state index in [-0.39, 0.29) is 23.9 Å². The second kappa shape index (κ2) is 9.40. The fourth-order valence-electron chi connectivity index (χ4n) is 3.75. The van der Waals surface area contributed by atoms with Crippen LogP contribution in [0.2, 0.25) is 5.02 Å². The van der Waals surface area contributed by atoms with Gasteiger partial charge in [-0.3, -0.25) is 19.0 Å². The molecule has 2 heterocycles. The summed E-state index contributed by atoms with van der Waals surface area (Å²) in [6, 6.07) is 12.8. The molecule has 0 saturated carbocycles. The number of halogens is 1. The Labute approximate surface area is 190 Å². The molecule has 3 aromatic rings. The normalized spacial score (nSPS) is 13.9. The van der Waals surface area contributed by atoms with Crippen LogP contribution in [0.25, 0.3) is 10.9 Å². The lowest BCUT2D eigenvalue weighted by molar-refractivity contribution is -0.129. The lowest BCUT2D eigenvalue weighted by Crippen LogP contribution is -2.48. The molecule has 2 amide bonds. The molecule has 1 aromatic heterocycles. The number of hydrogen-bond acceptors (Lipinski definition) is 5. The Hall–Kier alpha value is -3.39. The van der Waals surface area contributed by atoms with Crippen molar-refractivity contribution in [1.29, 1.82) is 0 Å². The van der Waals surface area contributed by atoms with E-state index in [4.69, 9.17) is 11.6 Å². The minimum absolute atomic E-state index is 0.0737. The molecule has 0 bridgehead atoms. The zero-order valence-corrected chi connectivity index (χ0v) is 18.5. The number of carbonyl (C=O) groups is 2. The van der Waals surface area contributed by atoms with Gasteiger partial charge in [0, 0.05) is 50.4 Å². The van der Waals surface area contributed by atoms with Crippen LogP contribution in [0, 0.1) is 0 Å². The summed E-state index contributed by atoms with van der Waals surface area (Å²) in [5.41, 5.74) is 2.14. The molecule has 32 heavy (non-hydrogen) atoms. The molecule has 1 saturated heterocycles. The van der Waals surface area contributed by atoms with Crippen LogP contribution in [0.4, 0.5) is 5.69 Å². The smallest absolute Gasteiger partial charge is 0.261 e. The second-order valence-electron chi connectivity index (χ2n) is 7.78. The molecule has 0 spiro atoms. The van der Waals surface area contributed by atoms with Gasteiger partial charge in [-0.25, -0.2) is 4.98 Å². The first kappa shape index (κ1) is 21.8. The third kappa shape index (κ3) is 4.91. The van der Waals surface area contributed by atoms with E-state index in [0.29, 0.717) is 48.6 Å². The SMILES string of the molecule is CC(=O)N1CCN(c2ccc3ncn(CC(=O)NCc4ccc(Cl)cc4)c(=O)c3c2)CC1. The standard InChI is InChI=1S/C23H24ClN5O3/c1-16(30)27-8-10-28(11-9-27)19-6-7-21-20(12-19)23(32)29(15-26-21)14-22(31)25-13-17-2-4-18(24)5-3-17/h2-7,12,15H,8-11,13-14H2,1H3,(H,25,31). The van der Waals surface area contributed by atoms with E-state index in [1.165, 1.54) is 10.9 Å². The molecule has 0 unspecified atom stereocenters. The summed E-state index contributed by atoms with van der Waals surface area (Å²) in [4.78, 5) is 45.2. The Morgan fingerprint density at radius 3 is 2.47 bits per heavy atom. The van der Waals surface area contributed by atoms with Crippen LogP contribution < -0.4 is 15.8 Å². The number of rotatable bonds is 5. The summed E-state index contributed by atoms with van der Waals surface area (Å²) in [5.74, 6) is -0.204. The highest BCUT2D eigenvalue weighted by Crippen LogP contribution is 2.20. The minimum atomic E-state index is -0.278. The second-order valence-corrected chi connectivity index (χ2v) is 8.21. The maximum absolute atomic E-state index is 13.0. The number of piperazine rings is 1. The summed E-state index contributed by atoms with van der Waals surface area (Å²) in [6.45, 7) is 4.51. The van der Waals surface area contributed by atoms with Crippen LogP contribution in [0.15, 0.2) is 53.6 Å². The van der Waals surface area contributed by atoms with E-state index in [9.17, 15) is 14.4 Å². The number of nitrogens with zero attached hydrogens (tertiary/aromatic N) is 4. The van der Waals surface area contributed by atoms with Gasteiger partial charge in [0.25, 0.3) is 5.56 Å². The molecule has 166 valence electrons. The van der Waals surface area contributed by atoms with Gasteiger partial charge in [0.2, 0.25) is 11.8 Å². The zero-order valence-electron chi connectivity index (χ0n) is 17.8. The average molecular weight is 454 g/mol. The predicted molar refractivity (Wildman–Crippen MR) is 124 cm³/mol. The molecule has 1 aliphatic heterocycles. The lowest BCUT2D eigenvalue weighted by Gasteiger charge is -2.35. The number of nitrogens with one attached hydrogen (secondary N) is 1. The highest BCUT2D eigenvalue weighted by Gasteiger charge is 2.19. The van der Waals surface area contributed by atoms with E-state index in [2.05, 4.69) is 15.2 Å². The Morgan fingerprint density at radius 1 is 1.06 bits per heavy atom. The van der Waals surface area contributed by atoms with Gasteiger partial charge in [-0.05, 0) is 35.9 Å². The molecular formula is C23H24ClN5O3. The largest absolute Gasteiger partial charge is 0.368 e. The van der Waals surface area contributed by atoms with E-state index in [0.717, 1.165) is 11.3 Å². The van der Waals surface area contributed by atoms with Crippen molar-refractivity contribution in [2.24, 2.45) is 0 Å². The number of fused-ring (bicyclic) bond motifs is 1. The van der Waals surface area contributed by atoms with Crippen molar-refractivity contribution < 1.29 is 9.59 Å². The quantitative estimate of drug-likeness (QED) is 0.638. The summed E-state index contributed by atoms with van der Waals surface area (Å²) in [6.07, 6.45) is 1.40. The Bertz CT molecular complexity index is 1200. The van der Waals surface area contributed by atoms with Gasteiger partial charge in [0.05, 0.1) is 17.2 Å². The minimum Gasteiger partial charge on any atom is -0.368 e. The van der Waals surface area contributed by atoms with Crippen molar-refractivity contribution in [2.45, 2.75) is 20.0 Å². The Morgan fingerprint density at radius 2 is 1.78 bits per heavy atom. The van der Waals surface area contributed by atoms with Gasteiger partial charge in [-0.2, -0.15) is 0 Å². The third-order valence-corrected chi connectivity index (χ3v) is 5.87. The van der Waals surface area contributed by atoms with Crippen molar-refractivity contribution >= 4 is 40.0 Å².